The monoisotopic (exact) mass is 458 g/mol. The van der Waals surface area contributed by atoms with Crippen LogP contribution in [-0.2, 0) is 4.79 Å². The largest absolute Gasteiger partial charge is 0.491 e. The lowest BCUT2D eigenvalue weighted by Gasteiger charge is -2.10. The van der Waals surface area contributed by atoms with Gasteiger partial charge in [-0.1, -0.05) is 36.4 Å². The fourth-order valence-corrected chi connectivity index (χ4v) is 3.24. The lowest BCUT2D eigenvalue weighted by Crippen LogP contribution is -2.32. The quantitative estimate of drug-likeness (QED) is 0.500. The average Bonchev–Trinajstić information content (AvgIpc) is 2.73. The molecule has 0 heterocycles. The van der Waals surface area contributed by atoms with Gasteiger partial charge >= 0.3 is 0 Å². The Labute approximate surface area is 176 Å². The molecule has 7 heteroatoms. The average molecular weight is 459 g/mol. The van der Waals surface area contributed by atoms with Crippen LogP contribution < -0.4 is 15.4 Å². The summed E-state index contributed by atoms with van der Waals surface area (Å²) in [5, 5.41) is 7.47. The molecule has 0 bridgehead atoms. The predicted molar refractivity (Wildman–Crippen MR) is 114 cm³/mol. The van der Waals surface area contributed by atoms with Gasteiger partial charge in [0.1, 0.15) is 18.2 Å². The normalized spacial score (nSPS) is 10.6. The van der Waals surface area contributed by atoms with Crippen LogP contribution >= 0.6 is 15.9 Å². The summed E-state index contributed by atoms with van der Waals surface area (Å²) in [6, 6.07) is 17.6. The summed E-state index contributed by atoms with van der Waals surface area (Å²) in [7, 11) is 0. The van der Waals surface area contributed by atoms with Crippen molar-refractivity contribution in [2.45, 2.75) is 6.42 Å². The second-order valence-corrected chi connectivity index (χ2v) is 7.16. The molecule has 0 spiro atoms. The van der Waals surface area contributed by atoms with Crippen molar-refractivity contribution in [1.82, 2.24) is 10.6 Å². The molecule has 0 aromatic heterocycles. The first-order valence-electron chi connectivity index (χ1n) is 9.15. The van der Waals surface area contributed by atoms with Crippen LogP contribution in [0.25, 0.3) is 10.8 Å². The number of nitrogens with one attached hydrogen (secondary N) is 2. The summed E-state index contributed by atoms with van der Waals surface area (Å²) in [6.45, 7) is 0.839. The summed E-state index contributed by atoms with van der Waals surface area (Å²) in [4.78, 5) is 24.0. The first kappa shape index (κ1) is 20.8. The van der Waals surface area contributed by atoms with Crippen molar-refractivity contribution in [1.29, 1.82) is 0 Å². The van der Waals surface area contributed by atoms with Gasteiger partial charge in [-0.3, -0.25) is 9.59 Å². The zero-order chi connectivity index (χ0) is 20.6. The van der Waals surface area contributed by atoms with Crippen LogP contribution in [-0.4, -0.2) is 31.5 Å². The molecule has 2 amide bonds. The van der Waals surface area contributed by atoms with Crippen LogP contribution in [0, 0.1) is 5.82 Å². The van der Waals surface area contributed by atoms with Gasteiger partial charge in [0.25, 0.3) is 5.91 Å². The molecule has 5 nitrogen and oxygen atoms in total. The van der Waals surface area contributed by atoms with Crippen molar-refractivity contribution in [3.63, 3.8) is 0 Å². The number of hydrogen-bond donors (Lipinski definition) is 2. The Morgan fingerprint density at radius 1 is 0.966 bits per heavy atom. The number of carbonyl (C=O) groups excluding carboxylic acids is 2. The van der Waals surface area contributed by atoms with E-state index in [-0.39, 0.29) is 24.4 Å². The minimum Gasteiger partial charge on any atom is -0.491 e. The van der Waals surface area contributed by atoms with Crippen molar-refractivity contribution in [3.05, 3.63) is 76.5 Å². The van der Waals surface area contributed by atoms with E-state index in [4.69, 9.17) is 4.74 Å². The standard InChI is InChI=1S/C22H20BrFN2O3/c23-19-9-8-16(24)14-18(19)22(28)26-11-10-21(27)25-12-13-29-20-7-3-5-15-4-1-2-6-17(15)20/h1-9,14H,10-13H2,(H,25,27)(H,26,28). The van der Waals surface area contributed by atoms with E-state index >= 15 is 0 Å². The highest BCUT2D eigenvalue weighted by molar-refractivity contribution is 9.10. The van der Waals surface area contributed by atoms with Crippen LogP contribution in [0.15, 0.2) is 65.1 Å². The van der Waals surface area contributed by atoms with Gasteiger partial charge < -0.3 is 15.4 Å². The Kier molecular flexibility index (Phi) is 7.19. The molecule has 0 fully saturated rings. The van der Waals surface area contributed by atoms with E-state index in [9.17, 15) is 14.0 Å². The highest BCUT2D eigenvalue weighted by Crippen LogP contribution is 2.24. The highest BCUT2D eigenvalue weighted by atomic mass is 79.9. The van der Waals surface area contributed by atoms with Crippen LogP contribution in [0.4, 0.5) is 4.39 Å². The number of halogens is 2. The lowest BCUT2D eigenvalue weighted by molar-refractivity contribution is -0.121. The summed E-state index contributed by atoms with van der Waals surface area (Å²) in [6.07, 6.45) is 0.118. The van der Waals surface area contributed by atoms with Crippen LogP contribution in [0.2, 0.25) is 0 Å². The first-order valence-corrected chi connectivity index (χ1v) is 9.94. The molecule has 3 aromatic carbocycles. The SMILES string of the molecule is O=C(CCNC(=O)c1cc(F)ccc1Br)NCCOc1cccc2ccccc12. The van der Waals surface area contributed by atoms with E-state index in [0.717, 1.165) is 22.6 Å². The zero-order valence-electron chi connectivity index (χ0n) is 15.6. The van der Waals surface area contributed by atoms with Gasteiger partial charge in [-0.2, -0.15) is 0 Å². The van der Waals surface area contributed by atoms with Crippen LogP contribution in [0.1, 0.15) is 16.8 Å². The number of ether oxygens (including phenoxy) is 1. The molecular weight excluding hydrogens is 439 g/mol. The predicted octanol–water partition coefficient (Wildman–Crippen LogP) is 4.06. The van der Waals surface area contributed by atoms with Crippen molar-refractivity contribution < 1.29 is 18.7 Å². The topological polar surface area (TPSA) is 67.4 Å². The second kappa shape index (κ2) is 10.0. The number of rotatable bonds is 8. The van der Waals surface area contributed by atoms with Crippen molar-refractivity contribution >= 4 is 38.5 Å². The zero-order valence-corrected chi connectivity index (χ0v) is 17.2. The maximum Gasteiger partial charge on any atom is 0.252 e. The fourth-order valence-electron chi connectivity index (χ4n) is 2.82. The maximum absolute atomic E-state index is 13.3. The van der Waals surface area contributed by atoms with Gasteiger partial charge in [0.15, 0.2) is 0 Å². The third-order valence-electron chi connectivity index (χ3n) is 4.24. The molecule has 0 radical (unpaired) electrons. The number of benzene rings is 3. The molecule has 0 aliphatic rings. The minimum absolute atomic E-state index is 0.118. The Morgan fingerprint density at radius 2 is 1.76 bits per heavy atom. The first-order chi connectivity index (χ1) is 14.0. The minimum atomic E-state index is -0.498. The number of carbonyl (C=O) groups is 2. The van der Waals surface area contributed by atoms with Gasteiger partial charge in [0.2, 0.25) is 5.91 Å². The molecule has 150 valence electrons. The Hall–Kier alpha value is -2.93. The molecule has 0 saturated heterocycles. The maximum atomic E-state index is 13.3. The van der Waals surface area contributed by atoms with E-state index in [1.54, 1.807) is 0 Å². The van der Waals surface area contributed by atoms with Crippen LogP contribution in [0.3, 0.4) is 0 Å². The summed E-state index contributed by atoms with van der Waals surface area (Å²) >= 11 is 3.21. The molecular formula is C22H20BrFN2O3. The van der Waals surface area contributed by atoms with E-state index in [1.807, 2.05) is 42.5 Å². The van der Waals surface area contributed by atoms with E-state index in [0.29, 0.717) is 17.6 Å². The number of fused-ring (bicyclic) bond motifs is 1. The molecule has 29 heavy (non-hydrogen) atoms. The smallest absolute Gasteiger partial charge is 0.252 e. The summed E-state index contributed by atoms with van der Waals surface area (Å²) in [5.41, 5.74) is 0.189. The van der Waals surface area contributed by atoms with Gasteiger partial charge in [-0.15, -0.1) is 0 Å². The Morgan fingerprint density at radius 3 is 2.62 bits per heavy atom. The lowest BCUT2D eigenvalue weighted by atomic mass is 10.1. The van der Waals surface area contributed by atoms with E-state index in [2.05, 4.69) is 26.6 Å². The van der Waals surface area contributed by atoms with Crippen LogP contribution in [0.5, 0.6) is 5.75 Å². The Bertz CT molecular complexity index is 1020. The van der Waals surface area contributed by atoms with Crippen molar-refractivity contribution in [2.24, 2.45) is 0 Å². The van der Waals surface area contributed by atoms with Gasteiger partial charge in [-0.05, 0) is 45.6 Å². The van der Waals surface area contributed by atoms with Gasteiger partial charge in [0.05, 0.1) is 12.1 Å². The van der Waals surface area contributed by atoms with Gasteiger partial charge in [0, 0.05) is 22.8 Å². The molecule has 0 atom stereocenters. The molecule has 2 N–H and O–H groups in total. The summed E-state index contributed by atoms with van der Waals surface area (Å²) in [5.74, 6) is -0.374. The van der Waals surface area contributed by atoms with Crippen molar-refractivity contribution in [2.75, 3.05) is 19.7 Å². The second-order valence-electron chi connectivity index (χ2n) is 6.31. The molecule has 3 aromatic rings. The third-order valence-corrected chi connectivity index (χ3v) is 4.93. The van der Waals surface area contributed by atoms with E-state index < -0.39 is 11.7 Å². The van der Waals surface area contributed by atoms with Crippen molar-refractivity contribution in [3.8, 4) is 5.75 Å². The Balaban J connectivity index is 1.38. The third kappa shape index (κ3) is 5.77. The van der Waals surface area contributed by atoms with Gasteiger partial charge in [-0.25, -0.2) is 4.39 Å². The molecule has 0 unspecified atom stereocenters. The molecule has 0 saturated carbocycles. The molecule has 3 rings (SSSR count). The molecule has 0 aliphatic heterocycles. The molecule has 0 aliphatic carbocycles. The van der Waals surface area contributed by atoms with E-state index in [1.165, 1.54) is 12.1 Å². The number of hydrogen-bond acceptors (Lipinski definition) is 3. The number of amides is 2. The summed E-state index contributed by atoms with van der Waals surface area (Å²) < 4.78 is 19.5. The fraction of sp³-hybridized carbons (Fsp3) is 0.182. The highest BCUT2D eigenvalue weighted by Gasteiger charge is 2.11.